The molecule has 1 aliphatic carbocycles. The van der Waals surface area contributed by atoms with Gasteiger partial charge in [0, 0.05) is 5.25 Å². The van der Waals surface area contributed by atoms with Gasteiger partial charge in [-0.1, -0.05) is 0 Å². The molecule has 0 N–H and O–H groups in total. The van der Waals surface area contributed by atoms with Crippen molar-refractivity contribution in [3.63, 3.8) is 0 Å². The quantitative estimate of drug-likeness (QED) is 0.447. The highest BCUT2D eigenvalue weighted by Gasteiger charge is 2.27. The normalized spacial score (nSPS) is 22.4. The van der Waals surface area contributed by atoms with E-state index < -0.39 is 15.4 Å². The Bertz CT molecular complexity index is 153. The van der Waals surface area contributed by atoms with Crippen LogP contribution in [-0.2, 0) is 10.1 Å². The van der Waals surface area contributed by atoms with Crippen molar-refractivity contribution in [2.75, 3.05) is 0 Å². The molecule has 0 atom stereocenters. The highest BCUT2D eigenvalue weighted by molar-refractivity contribution is 7.86. The average Bonchev–Trinajstić information content (AvgIpc) is 1.99. The molecule has 0 amide bonds. The largest absolute Gasteiger partial charge is 0.748 e. The van der Waals surface area contributed by atoms with Crippen LogP contribution in [0.4, 0.5) is 0 Å². The van der Waals surface area contributed by atoms with Crippen LogP contribution in [0.2, 0.25) is 0 Å². The predicted molar refractivity (Wildman–Crippen MR) is 22.7 cm³/mol. The van der Waals surface area contributed by atoms with Crippen molar-refractivity contribution in [3.8, 4) is 0 Å². The summed E-state index contributed by atoms with van der Waals surface area (Å²) in [4.78, 5) is 0. The first-order valence-electron chi connectivity index (χ1n) is 2.05. The smallest absolute Gasteiger partial charge is 0.0975 e. The molecule has 0 radical (unpaired) electrons. The van der Waals surface area contributed by atoms with Gasteiger partial charge in [-0.25, -0.2) is 8.42 Å². The molecule has 1 saturated carbocycles. The van der Waals surface area contributed by atoms with Crippen molar-refractivity contribution in [2.45, 2.75) is 18.1 Å². The van der Waals surface area contributed by atoms with Gasteiger partial charge in [0.25, 0.3) is 0 Å². The predicted octanol–water partition coefficient (Wildman–Crippen LogP) is -0.306. The lowest BCUT2D eigenvalue weighted by Crippen LogP contribution is -2.02. The molecule has 0 bridgehead atoms. The fourth-order valence-corrected chi connectivity index (χ4v) is 1.07. The molecule has 42 valence electrons. The Balaban J connectivity index is 2.71. The summed E-state index contributed by atoms with van der Waals surface area (Å²) in [6, 6.07) is 0. The van der Waals surface area contributed by atoms with E-state index in [1.54, 1.807) is 0 Å². The lowest BCUT2D eigenvalue weighted by atomic mass is 11.0. The van der Waals surface area contributed by atoms with Crippen molar-refractivity contribution in [1.82, 2.24) is 0 Å². The molecule has 0 aromatic carbocycles. The number of rotatable bonds is 1. The molecule has 0 spiro atoms. The average molecular weight is 121 g/mol. The van der Waals surface area contributed by atoms with Gasteiger partial charge < -0.3 is 4.55 Å². The van der Waals surface area contributed by atoms with Crippen LogP contribution in [0.3, 0.4) is 0 Å². The Kier molecular flexibility index (Phi) is 0.864. The van der Waals surface area contributed by atoms with Crippen LogP contribution in [0, 0.1) is 0 Å². The van der Waals surface area contributed by atoms with Gasteiger partial charge in [0.1, 0.15) is 0 Å². The van der Waals surface area contributed by atoms with Crippen LogP contribution >= 0.6 is 0 Å². The highest BCUT2D eigenvalue weighted by atomic mass is 32.2. The summed E-state index contributed by atoms with van der Waals surface area (Å²) in [7, 11) is -3.88. The Morgan fingerprint density at radius 1 is 1.43 bits per heavy atom. The zero-order valence-corrected chi connectivity index (χ0v) is 4.44. The lowest BCUT2D eigenvalue weighted by molar-refractivity contribution is 0.461. The Hall–Kier alpha value is -0.0900. The zero-order chi connectivity index (χ0) is 5.49. The SMILES string of the molecule is O=S(=O)([O-])C1CC1. The third kappa shape index (κ3) is 1.14. The summed E-state index contributed by atoms with van der Waals surface area (Å²) in [6.07, 6.45) is 1.15. The van der Waals surface area contributed by atoms with Crippen molar-refractivity contribution < 1.29 is 13.0 Å². The molecule has 0 heterocycles. The standard InChI is InChI=1S/C3H6O3S/c4-7(5,6)3-1-2-3/h3H,1-2H2,(H,4,5,6)/p-1. The van der Waals surface area contributed by atoms with Gasteiger partial charge in [-0.2, -0.15) is 0 Å². The maximum absolute atomic E-state index is 9.84. The van der Waals surface area contributed by atoms with Crippen LogP contribution in [0.25, 0.3) is 0 Å². The van der Waals surface area contributed by atoms with Crippen molar-refractivity contribution >= 4 is 10.1 Å². The van der Waals surface area contributed by atoms with Gasteiger partial charge >= 0.3 is 0 Å². The fraction of sp³-hybridized carbons (Fsp3) is 1.00. The first-order valence-corrected chi connectivity index (χ1v) is 3.52. The molecule has 1 fully saturated rings. The maximum atomic E-state index is 9.84. The van der Waals surface area contributed by atoms with E-state index >= 15 is 0 Å². The van der Waals surface area contributed by atoms with Crippen LogP contribution in [0.5, 0.6) is 0 Å². The van der Waals surface area contributed by atoms with Gasteiger partial charge in [-0.05, 0) is 12.8 Å². The summed E-state index contributed by atoms with van der Waals surface area (Å²) in [5.41, 5.74) is 0. The van der Waals surface area contributed by atoms with E-state index in [0.29, 0.717) is 12.8 Å². The van der Waals surface area contributed by atoms with Gasteiger partial charge in [-0.15, -0.1) is 0 Å². The topological polar surface area (TPSA) is 57.2 Å². The van der Waals surface area contributed by atoms with E-state index in [1.165, 1.54) is 0 Å². The van der Waals surface area contributed by atoms with Gasteiger partial charge in [-0.3, -0.25) is 0 Å². The third-order valence-corrected chi connectivity index (χ3v) is 2.22. The van der Waals surface area contributed by atoms with Crippen molar-refractivity contribution in [3.05, 3.63) is 0 Å². The first-order chi connectivity index (χ1) is 3.11. The molecule has 7 heavy (non-hydrogen) atoms. The van der Waals surface area contributed by atoms with Crippen molar-refractivity contribution in [2.24, 2.45) is 0 Å². The molecule has 4 heteroatoms. The van der Waals surface area contributed by atoms with Gasteiger partial charge in [0.15, 0.2) is 0 Å². The molecular weight excluding hydrogens is 116 g/mol. The second-order valence-electron chi connectivity index (χ2n) is 1.69. The molecule has 0 aromatic rings. The first kappa shape index (κ1) is 5.05. The lowest BCUT2D eigenvalue weighted by Gasteiger charge is -2.00. The Morgan fingerprint density at radius 2 is 1.86 bits per heavy atom. The summed E-state index contributed by atoms with van der Waals surface area (Å²) in [6.45, 7) is 0. The zero-order valence-electron chi connectivity index (χ0n) is 3.62. The number of hydrogen-bond donors (Lipinski definition) is 0. The molecule has 1 aliphatic rings. The minimum atomic E-state index is -3.88. The van der Waals surface area contributed by atoms with Crippen LogP contribution in [0.1, 0.15) is 12.8 Å². The van der Waals surface area contributed by atoms with E-state index in [0.717, 1.165) is 0 Å². The van der Waals surface area contributed by atoms with E-state index in [1.807, 2.05) is 0 Å². The minimum Gasteiger partial charge on any atom is -0.748 e. The molecule has 3 nitrogen and oxygen atoms in total. The maximum Gasteiger partial charge on any atom is 0.0975 e. The number of hydrogen-bond acceptors (Lipinski definition) is 3. The summed E-state index contributed by atoms with van der Waals surface area (Å²) in [5, 5.41) is -0.535. The molecule has 0 unspecified atom stereocenters. The third-order valence-electron chi connectivity index (χ3n) is 0.933. The molecule has 0 aliphatic heterocycles. The molecule has 0 aromatic heterocycles. The highest BCUT2D eigenvalue weighted by Crippen LogP contribution is 2.26. The van der Waals surface area contributed by atoms with E-state index in [-0.39, 0.29) is 0 Å². The van der Waals surface area contributed by atoms with Gasteiger partial charge in [0.2, 0.25) is 0 Å². The second kappa shape index (κ2) is 1.20. The van der Waals surface area contributed by atoms with Gasteiger partial charge in [0.05, 0.1) is 10.1 Å². The van der Waals surface area contributed by atoms with Crippen molar-refractivity contribution in [1.29, 1.82) is 0 Å². The molecule has 1 rings (SSSR count). The summed E-state index contributed by atoms with van der Waals surface area (Å²) >= 11 is 0. The molecular formula is C3H5O3S-. The monoisotopic (exact) mass is 121 g/mol. The summed E-state index contributed by atoms with van der Waals surface area (Å²) < 4.78 is 29.5. The fourth-order valence-electron chi connectivity index (χ4n) is 0.357. The van der Waals surface area contributed by atoms with E-state index in [4.69, 9.17) is 0 Å². The summed E-state index contributed by atoms with van der Waals surface area (Å²) in [5.74, 6) is 0. The van der Waals surface area contributed by atoms with E-state index in [9.17, 15) is 13.0 Å². The van der Waals surface area contributed by atoms with Crippen LogP contribution in [0.15, 0.2) is 0 Å². The Labute approximate surface area is 42.1 Å². The Morgan fingerprint density at radius 3 is 1.86 bits per heavy atom. The van der Waals surface area contributed by atoms with Crippen LogP contribution in [-0.4, -0.2) is 18.2 Å². The second-order valence-corrected chi connectivity index (χ2v) is 3.34. The minimum absolute atomic E-state index is 0.535. The molecule has 0 saturated heterocycles. The van der Waals surface area contributed by atoms with Crippen LogP contribution < -0.4 is 0 Å². The van der Waals surface area contributed by atoms with E-state index in [2.05, 4.69) is 0 Å².